The normalized spacial score (nSPS) is 18.7. The van der Waals surface area contributed by atoms with Crippen LogP contribution in [0.15, 0.2) is 30.3 Å². The van der Waals surface area contributed by atoms with Gasteiger partial charge in [0.2, 0.25) is 0 Å². The van der Waals surface area contributed by atoms with Crippen molar-refractivity contribution in [1.82, 2.24) is 4.90 Å². The number of nitro groups is 1. The van der Waals surface area contributed by atoms with Crippen LogP contribution in [-0.4, -0.2) is 46.3 Å². The number of nitrogens with zero attached hydrogens (tertiary/aromatic N) is 2. The van der Waals surface area contributed by atoms with Gasteiger partial charge >= 0.3 is 11.7 Å². The first-order valence-corrected chi connectivity index (χ1v) is 10.5. The number of carbonyl (C=O) groups excluding carboxylic acids is 1. The summed E-state index contributed by atoms with van der Waals surface area (Å²) >= 11 is 0. The largest absolute Gasteiger partial charge is 0.502 e. The average Bonchev–Trinajstić information content (AvgIpc) is 2.72. The maximum absolute atomic E-state index is 15.4. The summed E-state index contributed by atoms with van der Waals surface area (Å²) in [5.41, 5.74) is -2.02. The zero-order valence-corrected chi connectivity index (χ0v) is 19.1. The lowest BCUT2D eigenvalue weighted by atomic mass is 9.83. The molecule has 0 saturated carbocycles. The highest BCUT2D eigenvalue weighted by atomic mass is 19.1. The van der Waals surface area contributed by atoms with E-state index in [-0.39, 0.29) is 24.1 Å². The minimum Gasteiger partial charge on any atom is -0.502 e. The molecule has 0 amide bonds. The summed E-state index contributed by atoms with van der Waals surface area (Å²) in [6.45, 7) is 4.22. The zero-order chi connectivity index (χ0) is 25.4. The highest BCUT2D eigenvalue weighted by Gasteiger charge is 2.40. The Bertz CT molecular complexity index is 1140. The molecule has 0 saturated heterocycles. The second kappa shape index (κ2) is 9.46. The Balaban J connectivity index is 2.23. The molecule has 2 atom stereocenters. The van der Waals surface area contributed by atoms with Gasteiger partial charge < -0.3 is 9.84 Å². The van der Waals surface area contributed by atoms with Crippen molar-refractivity contribution in [2.45, 2.75) is 44.9 Å². The molecular formula is C24H25F3N2O5. The number of phenols is 1. The summed E-state index contributed by atoms with van der Waals surface area (Å²) < 4.78 is 49.9. The minimum atomic E-state index is -1.73. The van der Waals surface area contributed by atoms with Crippen molar-refractivity contribution in [2.24, 2.45) is 0 Å². The lowest BCUT2D eigenvalue weighted by Gasteiger charge is -2.44. The Morgan fingerprint density at radius 3 is 2.44 bits per heavy atom. The molecule has 182 valence electrons. The SMILES string of the molecule is COC(=O)/C=C/c1cc(F)c(C2c3cc([N+](=O)[O-])c(O)cc3CC(C)N2CC(C)(C)F)c(F)c1. The first-order valence-electron chi connectivity index (χ1n) is 10.5. The van der Waals surface area contributed by atoms with E-state index in [0.717, 1.165) is 31.4 Å². The van der Waals surface area contributed by atoms with Crippen LogP contribution in [0.1, 0.15) is 49.1 Å². The molecular weight excluding hydrogens is 453 g/mol. The molecule has 3 rings (SSSR count). The van der Waals surface area contributed by atoms with Gasteiger partial charge in [-0.1, -0.05) is 0 Å². The van der Waals surface area contributed by atoms with Crippen molar-refractivity contribution in [3.05, 3.63) is 74.3 Å². The molecule has 7 nitrogen and oxygen atoms in total. The van der Waals surface area contributed by atoms with Crippen LogP contribution in [0.3, 0.4) is 0 Å². The maximum Gasteiger partial charge on any atom is 0.330 e. The Kier molecular flexibility index (Phi) is 7.02. The fourth-order valence-electron chi connectivity index (χ4n) is 4.28. The summed E-state index contributed by atoms with van der Waals surface area (Å²) in [4.78, 5) is 23.5. The summed E-state index contributed by atoms with van der Waals surface area (Å²) in [6.07, 6.45) is 2.48. The van der Waals surface area contributed by atoms with Crippen LogP contribution in [0.25, 0.3) is 6.08 Å². The Morgan fingerprint density at radius 2 is 1.91 bits per heavy atom. The van der Waals surface area contributed by atoms with Crippen molar-refractivity contribution < 1.29 is 32.7 Å². The second-order valence-electron chi connectivity index (χ2n) is 8.90. The van der Waals surface area contributed by atoms with Gasteiger partial charge in [0.15, 0.2) is 5.75 Å². The van der Waals surface area contributed by atoms with Crippen LogP contribution in [0.5, 0.6) is 5.75 Å². The number of fused-ring (bicyclic) bond motifs is 1. The molecule has 10 heteroatoms. The number of hydrogen-bond acceptors (Lipinski definition) is 6. The Hall–Kier alpha value is -3.40. The van der Waals surface area contributed by atoms with E-state index in [9.17, 15) is 24.4 Å². The number of hydrogen-bond donors (Lipinski definition) is 1. The summed E-state index contributed by atoms with van der Waals surface area (Å²) in [5, 5.41) is 21.5. The Morgan fingerprint density at radius 1 is 1.29 bits per heavy atom. The van der Waals surface area contributed by atoms with Gasteiger partial charge in [0.05, 0.1) is 18.1 Å². The van der Waals surface area contributed by atoms with Crippen LogP contribution in [0, 0.1) is 21.7 Å². The number of phenolic OH excluding ortho intramolecular Hbond substituents is 1. The molecule has 0 spiro atoms. The van der Waals surface area contributed by atoms with Crippen LogP contribution in [0.4, 0.5) is 18.9 Å². The molecule has 2 unspecified atom stereocenters. The predicted molar refractivity (Wildman–Crippen MR) is 119 cm³/mol. The predicted octanol–water partition coefficient (Wildman–Crippen LogP) is 4.85. The molecule has 0 bridgehead atoms. The number of alkyl halides is 1. The molecule has 1 aliphatic rings. The van der Waals surface area contributed by atoms with Gasteiger partial charge in [0.1, 0.15) is 17.3 Å². The molecule has 2 aromatic rings. The van der Waals surface area contributed by atoms with Crippen LogP contribution >= 0.6 is 0 Å². The maximum atomic E-state index is 15.4. The third-order valence-corrected chi connectivity index (χ3v) is 5.69. The molecule has 0 aromatic heterocycles. The second-order valence-corrected chi connectivity index (χ2v) is 8.90. The van der Waals surface area contributed by atoms with E-state index >= 15 is 8.78 Å². The van der Waals surface area contributed by atoms with Gasteiger partial charge in [-0.3, -0.25) is 15.0 Å². The van der Waals surface area contributed by atoms with Crippen LogP contribution in [-0.2, 0) is 16.0 Å². The van der Waals surface area contributed by atoms with E-state index in [1.807, 2.05) is 0 Å². The standard InChI is InChI=1S/C24H25F3N2O5/c1-13-7-15-10-20(30)19(29(32)33)11-16(15)23(28(13)12-24(2,3)27)22-17(25)8-14(9-18(22)26)5-6-21(31)34-4/h5-6,8-11,13,23,30H,7,12H2,1-4H3/b6-5+. The highest BCUT2D eigenvalue weighted by Crippen LogP contribution is 2.44. The van der Waals surface area contributed by atoms with E-state index < -0.39 is 57.3 Å². The summed E-state index contributed by atoms with van der Waals surface area (Å²) in [5.74, 6) is -3.19. The molecule has 2 aromatic carbocycles. The number of esters is 1. The van der Waals surface area contributed by atoms with Crippen molar-refractivity contribution >= 4 is 17.7 Å². The first kappa shape index (κ1) is 25.2. The van der Waals surface area contributed by atoms with Gasteiger partial charge in [-0.15, -0.1) is 0 Å². The van der Waals surface area contributed by atoms with Crippen molar-refractivity contribution in [3.8, 4) is 5.75 Å². The summed E-state index contributed by atoms with van der Waals surface area (Å²) in [6, 6.07) is 2.76. The summed E-state index contributed by atoms with van der Waals surface area (Å²) in [7, 11) is 1.16. The Labute approximate surface area is 194 Å². The van der Waals surface area contributed by atoms with E-state index in [2.05, 4.69) is 4.74 Å². The molecule has 1 N–H and O–H groups in total. The smallest absolute Gasteiger partial charge is 0.330 e. The fourth-order valence-corrected chi connectivity index (χ4v) is 4.28. The lowest BCUT2D eigenvalue weighted by molar-refractivity contribution is -0.386. The van der Waals surface area contributed by atoms with Gasteiger partial charge in [-0.2, -0.15) is 0 Å². The minimum absolute atomic E-state index is 0.0577. The zero-order valence-electron chi connectivity index (χ0n) is 19.1. The van der Waals surface area contributed by atoms with E-state index in [0.29, 0.717) is 5.56 Å². The van der Waals surface area contributed by atoms with E-state index in [4.69, 9.17) is 0 Å². The number of carbonyl (C=O) groups is 1. The number of benzene rings is 2. The molecule has 34 heavy (non-hydrogen) atoms. The fraction of sp³-hybridized carbons (Fsp3) is 0.375. The van der Waals surface area contributed by atoms with Crippen molar-refractivity contribution in [2.75, 3.05) is 13.7 Å². The van der Waals surface area contributed by atoms with Crippen LogP contribution in [0.2, 0.25) is 0 Å². The van der Waals surface area contributed by atoms with E-state index in [1.54, 1.807) is 11.8 Å². The molecule has 0 aliphatic carbocycles. The number of halogens is 3. The third-order valence-electron chi connectivity index (χ3n) is 5.69. The number of rotatable bonds is 6. The van der Waals surface area contributed by atoms with Gasteiger partial charge in [-0.05, 0) is 68.2 Å². The molecule has 0 fully saturated rings. The van der Waals surface area contributed by atoms with Gasteiger partial charge in [-0.25, -0.2) is 18.0 Å². The number of ether oxygens (including phenoxy) is 1. The molecule has 1 aliphatic heterocycles. The van der Waals surface area contributed by atoms with Crippen LogP contribution < -0.4 is 0 Å². The van der Waals surface area contributed by atoms with Gasteiger partial charge in [0, 0.05) is 30.3 Å². The van der Waals surface area contributed by atoms with Crippen molar-refractivity contribution in [1.29, 1.82) is 0 Å². The number of methoxy groups -OCH3 is 1. The monoisotopic (exact) mass is 478 g/mol. The topological polar surface area (TPSA) is 92.9 Å². The number of nitro benzene ring substituents is 1. The quantitative estimate of drug-likeness (QED) is 0.276. The van der Waals surface area contributed by atoms with Crippen molar-refractivity contribution in [3.63, 3.8) is 0 Å². The highest BCUT2D eigenvalue weighted by molar-refractivity contribution is 5.86. The molecule has 0 radical (unpaired) electrons. The lowest BCUT2D eigenvalue weighted by Crippen LogP contribution is -2.48. The first-order chi connectivity index (χ1) is 15.8. The van der Waals surface area contributed by atoms with E-state index in [1.165, 1.54) is 26.0 Å². The average molecular weight is 478 g/mol. The number of aromatic hydroxyl groups is 1. The third kappa shape index (κ3) is 5.22. The molecule has 1 heterocycles. The van der Waals surface area contributed by atoms with Gasteiger partial charge in [0.25, 0.3) is 0 Å².